The summed E-state index contributed by atoms with van der Waals surface area (Å²) in [7, 11) is 0. The number of fused-ring (bicyclic) bond motifs is 2. The topological polar surface area (TPSA) is 170 Å². The van der Waals surface area contributed by atoms with Crippen LogP contribution in [0.4, 0.5) is 35.9 Å². The number of nitrogens with one attached hydrogen (secondary N) is 4. The van der Waals surface area contributed by atoms with Gasteiger partial charge in [0.05, 0.1) is 34.7 Å². The van der Waals surface area contributed by atoms with Gasteiger partial charge >= 0.3 is 24.5 Å². The van der Waals surface area contributed by atoms with Gasteiger partial charge in [-0.2, -0.15) is 26.3 Å². The minimum absolute atomic E-state index is 0.0737. The molecule has 92 heavy (non-hydrogen) atoms. The summed E-state index contributed by atoms with van der Waals surface area (Å²) in [5, 5.41) is 9.05. The maximum absolute atomic E-state index is 15.2. The van der Waals surface area contributed by atoms with E-state index in [9.17, 15) is 35.9 Å². The fraction of sp³-hybridized carbons (Fsp3) is 0.667. The molecule has 1 aromatic heterocycles. The van der Waals surface area contributed by atoms with E-state index in [0.717, 1.165) is 134 Å². The molecule has 4 N–H and O–H groups in total. The summed E-state index contributed by atoms with van der Waals surface area (Å²) in [5.74, 6) is 1.48. The van der Waals surface area contributed by atoms with E-state index in [1.54, 1.807) is 27.7 Å². The van der Waals surface area contributed by atoms with E-state index in [2.05, 4.69) is 97.2 Å². The molecule has 16 rings (SSSR count). The summed E-state index contributed by atoms with van der Waals surface area (Å²) in [6.45, 7) is 19.8. The number of alkyl halides is 6. The number of amides is 4. The van der Waals surface area contributed by atoms with Gasteiger partial charge in [-0.15, -0.1) is 0 Å². The van der Waals surface area contributed by atoms with Gasteiger partial charge in [-0.25, -0.2) is 14.6 Å². The number of alkyl carbamates (subject to hydrolysis) is 2. The van der Waals surface area contributed by atoms with Gasteiger partial charge in [0.2, 0.25) is 23.0 Å². The lowest BCUT2D eigenvalue weighted by atomic mass is 9.58. The third-order valence-electron chi connectivity index (χ3n) is 24.3. The molecule has 6 fully saturated rings. The van der Waals surface area contributed by atoms with Crippen molar-refractivity contribution in [3.63, 3.8) is 0 Å². The average Bonchev–Trinajstić information content (AvgIpc) is 1.52. The van der Waals surface area contributed by atoms with Crippen molar-refractivity contribution in [3.05, 3.63) is 88.3 Å². The maximum Gasteiger partial charge on any atom is 0.427 e. The predicted molar refractivity (Wildman–Crippen MR) is 339 cm³/mol. The Balaban J connectivity index is 0.758. The molecule has 8 unspecified atom stereocenters. The second-order valence-electron chi connectivity index (χ2n) is 31.6. The fourth-order valence-electron chi connectivity index (χ4n) is 18.7. The minimum Gasteiger partial charge on any atom is -0.434 e. The molecule has 4 saturated carbocycles. The first kappa shape index (κ1) is 64.4. The number of aryl methyl sites for hydroxylation is 2. The van der Waals surface area contributed by atoms with Gasteiger partial charge in [0.25, 0.3) is 0 Å². The highest BCUT2D eigenvalue weighted by molar-refractivity contribution is 5.98. The first-order chi connectivity index (χ1) is 43.1. The second kappa shape index (κ2) is 22.1. The Morgan fingerprint density at radius 1 is 0.707 bits per heavy atom. The number of ether oxygens (including phenoxy) is 2. The highest BCUT2D eigenvalue weighted by atomic mass is 19.4. The first-order valence-corrected chi connectivity index (χ1v) is 34.0. The van der Waals surface area contributed by atoms with Gasteiger partial charge in [-0.05, 0) is 222 Å². The number of imidazole rings is 1. The number of halogens is 6. The van der Waals surface area contributed by atoms with Crippen LogP contribution in [0.2, 0.25) is 0 Å². The van der Waals surface area contributed by atoms with E-state index in [4.69, 9.17) is 19.5 Å². The lowest BCUT2D eigenvalue weighted by Gasteiger charge is -2.47. The Labute approximate surface area is 536 Å². The van der Waals surface area contributed by atoms with Gasteiger partial charge in [0, 0.05) is 11.1 Å². The molecule has 4 bridgehead atoms. The van der Waals surface area contributed by atoms with Crippen molar-refractivity contribution in [1.82, 2.24) is 35.7 Å². The molecule has 15 atom stereocenters. The van der Waals surface area contributed by atoms with Crippen LogP contribution < -0.4 is 16.0 Å². The van der Waals surface area contributed by atoms with Gasteiger partial charge in [-0.3, -0.25) is 14.6 Å². The third kappa shape index (κ3) is 10.6. The fourth-order valence-corrected chi connectivity index (χ4v) is 18.7. The van der Waals surface area contributed by atoms with Gasteiger partial charge in [0.15, 0.2) is 0 Å². The van der Waals surface area contributed by atoms with Crippen molar-refractivity contribution >= 4 is 40.9 Å². The van der Waals surface area contributed by atoms with E-state index in [1.165, 1.54) is 33.4 Å². The highest BCUT2D eigenvalue weighted by Gasteiger charge is 2.72. The maximum atomic E-state index is 15.2. The SMILES string of the molecule is CC1CC2(C)CCc3ccc(cc3-c3ccc4nc([C@@H]5C[C@@H]6CCCC7C[C@@]76N5C(=O)[C@@H](NC(=O)OC(C)(C)C(F)(F)F)C(C)C)[nH]c4c3)CCC1=C(C1=CC3(C)NC([C@@H]4C[C@@H]5CCCC6CC65N4C(=O)[C@@H](NC(=O)OC(C)(C)C(F)(F)F)C(C)C)=NC3C=C1)C2C. The monoisotopic (exact) mass is 1280 g/mol. The van der Waals surface area contributed by atoms with E-state index >= 15 is 9.59 Å². The zero-order chi connectivity index (χ0) is 65.9. The number of hydrogen-bond acceptors (Lipinski definition) is 9. The van der Waals surface area contributed by atoms with E-state index < -0.39 is 88.4 Å². The molecule has 0 radical (unpaired) electrons. The molecule has 20 heteroatoms. The Morgan fingerprint density at radius 2 is 1.27 bits per heavy atom. The Morgan fingerprint density at radius 3 is 1.85 bits per heavy atom. The number of rotatable bonds is 12. The third-order valence-corrected chi connectivity index (χ3v) is 24.3. The number of aliphatic imine (C=N–C) groups is 1. The molecular weight excluding hydrogens is 1190 g/mol. The van der Waals surface area contributed by atoms with Crippen LogP contribution in [0, 0.1) is 52.8 Å². The summed E-state index contributed by atoms with van der Waals surface area (Å²) in [6.07, 6.45) is 8.34. The Hall–Kier alpha value is -6.34. The summed E-state index contributed by atoms with van der Waals surface area (Å²) in [4.78, 5) is 74.9. The van der Waals surface area contributed by atoms with Crippen LogP contribution in [0.25, 0.3) is 22.2 Å². The van der Waals surface area contributed by atoms with Crippen molar-refractivity contribution in [2.24, 2.45) is 57.8 Å². The van der Waals surface area contributed by atoms with Crippen molar-refractivity contribution < 1.29 is 55.0 Å². The molecule has 13 aliphatic rings. The van der Waals surface area contributed by atoms with E-state index in [1.807, 2.05) is 15.9 Å². The van der Waals surface area contributed by atoms with Crippen molar-refractivity contribution in [3.8, 4) is 11.1 Å². The van der Waals surface area contributed by atoms with Crippen molar-refractivity contribution in [1.29, 1.82) is 0 Å². The number of nitrogens with zero attached hydrogens (tertiary/aromatic N) is 4. The van der Waals surface area contributed by atoms with Gasteiger partial charge < -0.3 is 40.2 Å². The lowest BCUT2D eigenvalue weighted by Crippen LogP contribution is -2.60. The molecule has 3 aliphatic heterocycles. The normalized spacial score (nSPS) is 33.8. The molecule has 2 aromatic carbocycles. The van der Waals surface area contributed by atoms with E-state index in [0.29, 0.717) is 36.4 Å². The number of amidine groups is 1. The standard InChI is InChI=1S/C72H92F6N8O6/c1-37(2)57(82-63(89)91-65(7,8)71(73,74)75)61(87)85-53(31-45-15-13-17-47-35-69(45,47)85)59-79-51-25-22-43(30-52(51)80-59)50-29-41-19-21-42(50)27-28-67(11)33-39(5)49(24-20-41)56(40(67)6)44-23-26-55-68(12,34-44)84-60(81-55)54-32-46-16-14-18-48-36-70(46,48)86(54)62(88)58(38(3)4)83-64(90)92-66(9,10)72(76,77)78/h19,21-23,25-26,29-30,34,37-40,45-48,53-55,57-58H,13-18,20,24,27-28,31-33,35-36H2,1-12H3,(H,79,80)(H,81,84)(H,82,89)(H,83,90)/t39?,40?,45-,46-,47?,48?,53-,54-,55?,57-,58-,67?,68?,69-,70?/m0/s1. The minimum atomic E-state index is -4.81. The molecule has 14 nitrogen and oxygen atoms in total. The number of benzene rings is 2. The van der Waals surface area contributed by atoms with Crippen LogP contribution in [0.15, 0.2) is 76.3 Å². The van der Waals surface area contributed by atoms with Crippen LogP contribution in [0.1, 0.15) is 190 Å². The molecule has 498 valence electrons. The largest absolute Gasteiger partial charge is 0.434 e. The van der Waals surface area contributed by atoms with Gasteiger partial charge in [0.1, 0.15) is 23.7 Å². The summed E-state index contributed by atoms with van der Waals surface area (Å²) in [6, 6.07) is 10.0. The number of carbonyl (C=O) groups is 4. The number of allylic oxidation sites excluding steroid dienone is 4. The molecular formula is C72H92F6N8O6. The van der Waals surface area contributed by atoms with Crippen LogP contribution in [0.5, 0.6) is 0 Å². The lowest BCUT2D eigenvalue weighted by molar-refractivity contribution is -0.244. The van der Waals surface area contributed by atoms with Gasteiger partial charge in [-0.1, -0.05) is 103 Å². The smallest absolute Gasteiger partial charge is 0.427 e. The summed E-state index contributed by atoms with van der Waals surface area (Å²) < 4.78 is 93.0. The molecule has 4 amide bonds. The number of aromatic nitrogens is 2. The van der Waals surface area contributed by atoms with Crippen LogP contribution in [-0.4, -0.2) is 114 Å². The van der Waals surface area contributed by atoms with E-state index in [-0.39, 0.29) is 41.0 Å². The summed E-state index contributed by atoms with van der Waals surface area (Å²) in [5.41, 5.74) is 3.38. The Kier molecular flexibility index (Phi) is 15.5. The van der Waals surface area contributed by atoms with Crippen LogP contribution in [-0.2, 0) is 31.9 Å². The summed E-state index contributed by atoms with van der Waals surface area (Å²) >= 11 is 0. The Bertz CT molecular complexity index is 3640. The number of H-pyrrole nitrogens is 1. The molecule has 10 aliphatic carbocycles. The predicted octanol–water partition coefficient (Wildman–Crippen LogP) is 14.9. The van der Waals surface area contributed by atoms with Crippen LogP contribution in [0.3, 0.4) is 0 Å². The van der Waals surface area contributed by atoms with Crippen LogP contribution >= 0.6 is 0 Å². The quantitative estimate of drug-likeness (QED) is 0.130. The average molecular weight is 1280 g/mol. The van der Waals surface area contributed by atoms with Crippen molar-refractivity contribution in [2.45, 2.75) is 250 Å². The second-order valence-corrected chi connectivity index (χ2v) is 31.6. The molecule has 2 spiro atoms. The zero-order valence-electron chi connectivity index (χ0n) is 55.3. The zero-order valence-corrected chi connectivity index (χ0v) is 55.3. The highest BCUT2D eigenvalue weighted by Crippen LogP contribution is 2.69. The molecule has 4 heterocycles. The van der Waals surface area contributed by atoms with Crippen molar-refractivity contribution in [2.75, 3.05) is 0 Å². The number of aromatic amines is 1. The number of hydrogen-bond donors (Lipinski definition) is 4. The number of carbonyl (C=O) groups excluding carboxylic acids is 4. The molecule has 2 saturated heterocycles. The molecule has 3 aromatic rings. The first-order valence-electron chi connectivity index (χ1n) is 34.0. The number of likely N-dealkylation sites (tertiary alicyclic amines) is 2.